The molecule has 2 heterocycles. The van der Waals surface area contributed by atoms with Gasteiger partial charge in [-0.15, -0.1) is 0 Å². The number of rotatable bonds is 3. The van der Waals surface area contributed by atoms with Crippen molar-refractivity contribution in [2.24, 2.45) is 0 Å². The van der Waals surface area contributed by atoms with Crippen LogP contribution in [0, 0.1) is 6.92 Å². The van der Waals surface area contributed by atoms with Gasteiger partial charge in [0.05, 0.1) is 23.6 Å². The maximum atomic E-state index is 6.07. The Hall–Kier alpha value is -2.30. The molecule has 0 aliphatic heterocycles. The first-order chi connectivity index (χ1) is 9.16. The van der Waals surface area contributed by atoms with Gasteiger partial charge in [-0.05, 0) is 31.5 Å². The predicted molar refractivity (Wildman–Crippen MR) is 75.8 cm³/mol. The van der Waals surface area contributed by atoms with E-state index in [-0.39, 0.29) is 6.04 Å². The fourth-order valence-electron chi connectivity index (χ4n) is 2.55. The lowest BCUT2D eigenvalue weighted by Gasteiger charge is -2.17. The third kappa shape index (κ3) is 1.97. The summed E-state index contributed by atoms with van der Waals surface area (Å²) in [5, 5.41) is 4.24. The van der Waals surface area contributed by atoms with Gasteiger partial charge in [-0.1, -0.05) is 12.1 Å². The van der Waals surface area contributed by atoms with E-state index in [1.54, 1.807) is 6.20 Å². The first-order valence-corrected chi connectivity index (χ1v) is 6.37. The highest BCUT2D eigenvalue weighted by Crippen LogP contribution is 2.26. The van der Waals surface area contributed by atoms with Crippen molar-refractivity contribution in [2.45, 2.75) is 26.4 Å². The molecule has 5 heteroatoms. The maximum absolute atomic E-state index is 6.07. The van der Waals surface area contributed by atoms with Crippen LogP contribution in [-0.4, -0.2) is 19.3 Å². The minimum absolute atomic E-state index is 0.200. The Morgan fingerprint density at radius 3 is 2.89 bits per heavy atom. The highest BCUT2D eigenvalue weighted by Gasteiger charge is 2.15. The third-order valence-corrected chi connectivity index (χ3v) is 3.39. The average Bonchev–Trinajstić information content (AvgIpc) is 2.96. The summed E-state index contributed by atoms with van der Waals surface area (Å²) in [6.07, 6.45) is 3.74. The number of hydrogen-bond donors (Lipinski definition) is 1. The summed E-state index contributed by atoms with van der Waals surface area (Å²) < 4.78 is 4.00. The number of para-hydroxylation sites is 1. The number of nitrogens with two attached hydrogens (primary N) is 1. The first-order valence-electron chi connectivity index (χ1n) is 6.37. The molecule has 3 aromatic rings. The summed E-state index contributed by atoms with van der Waals surface area (Å²) in [7, 11) is 0. The Bertz CT molecular complexity index is 696. The molecule has 0 radical (unpaired) electrons. The molecular formula is C14H17N5. The SMILES string of the molecule is Cc1cccc2nc(N)n(C(C)Cn3cccn3)c12. The molecule has 0 aliphatic carbocycles. The van der Waals surface area contributed by atoms with Crippen molar-refractivity contribution in [3.8, 4) is 0 Å². The minimum atomic E-state index is 0.200. The molecule has 0 amide bonds. The van der Waals surface area contributed by atoms with Gasteiger partial charge < -0.3 is 10.3 Å². The van der Waals surface area contributed by atoms with Gasteiger partial charge in [0.25, 0.3) is 0 Å². The van der Waals surface area contributed by atoms with Crippen LogP contribution in [0.2, 0.25) is 0 Å². The van der Waals surface area contributed by atoms with E-state index in [0.29, 0.717) is 5.95 Å². The molecule has 98 valence electrons. The molecule has 3 rings (SSSR count). The van der Waals surface area contributed by atoms with Gasteiger partial charge in [-0.3, -0.25) is 4.68 Å². The first kappa shape index (κ1) is 11.8. The zero-order valence-corrected chi connectivity index (χ0v) is 11.1. The van der Waals surface area contributed by atoms with Gasteiger partial charge in [0.1, 0.15) is 0 Å². The lowest BCUT2D eigenvalue weighted by molar-refractivity contribution is 0.449. The molecule has 5 nitrogen and oxygen atoms in total. The van der Waals surface area contributed by atoms with Crippen molar-refractivity contribution in [2.75, 3.05) is 5.73 Å². The Kier molecular flexibility index (Phi) is 2.74. The molecule has 2 aromatic heterocycles. The average molecular weight is 255 g/mol. The topological polar surface area (TPSA) is 61.7 Å². The van der Waals surface area contributed by atoms with Crippen LogP contribution in [-0.2, 0) is 6.54 Å². The largest absolute Gasteiger partial charge is 0.369 e. The van der Waals surface area contributed by atoms with Crippen molar-refractivity contribution < 1.29 is 0 Å². The van der Waals surface area contributed by atoms with Crippen LogP contribution in [0.3, 0.4) is 0 Å². The Labute approximate surface area is 111 Å². The molecule has 1 unspecified atom stereocenters. The molecule has 1 atom stereocenters. The third-order valence-electron chi connectivity index (χ3n) is 3.39. The van der Waals surface area contributed by atoms with Crippen LogP contribution in [0.1, 0.15) is 18.5 Å². The Morgan fingerprint density at radius 2 is 2.16 bits per heavy atom. The van der Waals surface area contributed by atoms with Gasteiger partial charge in [0, 0.05) is 12.4 Å². The number of nitrogens with zero attached hydrogens (tertiary/aromatic N) is 4. The quantitative estimate of drug-likeness (QED) is 0.781. The van der Waals surface area contributed by atoms with Crippen LogP contribution < -0.4 is 5.73 Å². The molecule has 1 aromatic carbocycles. The Balaban J connectivity index is 2.06. The van der Waals surface area contributed by atoms with Crippen LogP contribution in [0.5, 0.6) is 0 Å². The lowest BCUT2D eigenvalue weighted by Crippen LogP contribution is -2.15. The van der Waals surface area contributed by atoms with E-state index in [2.05, 4.69) is 34.6 Å². The van der Waals surface area contributed by atoms with E-state index >= 15 is 0 Å². The smallest absolute Gasteiger partial charge is 0.201 e. The van der Waals surface area contributed by atoms with Crippen molar-refractivity contribution in [1.29, 1.82) is 0 Å². The van der Waals surface area contributed by atoms with E-state index in [1.807, 2.05) is 29.1 Å². The number of anilines is 1. The van der Waals surface area contributed by atoms with Crippen molar-refractivity contribution >= 4 is 17.0 Å². The summed E-state index contributed by atoms with van der Waals surface area (Å²) >= 11 is 0. The van der Waals surface area contributed by atoms with E-state index in [0.717, 1.165) is 17.6 Å². The second kappa shape index (κ2) is 4.42. The van der Waals surface area contributed by atoms with Gasteiger partial charge in [0.15, 0.2) is 0 Å². The Morgan fingerprint density at radius 1 is 1.32 bits per heavy atom. The van der Waals surface area contributed by atoms with Gasteiger partial charge in [-0.2, -0.15) is 5.10 Å². The van der Waals surface area contributed by atoms with E-state index in [9.17, 15) is 0 Å². The van der Waals surface area contributed by atoms with Crippen molar-refractivity contribution in [3.05, 3.63) is 42.2 Å². The summed E-state index contributed by atoms with van der Waals surface area (Å²) in [5.41, 5.74) is 9.32. The molecule has 0 fully saturated rings. The number of fused-ring (bicyclic) bond motifs is 1. The summed E-state index contributed by atoms with van der Waals surface area (Å²) in [6.45, 7) is 4.99. The monoisotopic (exact) mass is 255 g/mol. The zero-order chi connectivity index (χ0) is 13.4. The molecular weight excluding hydrogens is 238 g/mol. The number of nitrogen functional groups attached to an aromatic ring is 1. The van der Waals surface area contributed by atoms with Crippen LogP contribution >= 0.6 is 0 Å². The van der Waals surface area contributed by atoms with Crippen LogP contribution in [0.15, 0.2) is 36.7 Å². The van der Waals surface area contributed by atoms with Crippen molar-refractivity contribution in [3.63, 3.8) is 0 Å². The highest BCUT2D eigenvalue weighted by atomic mass is 15.3. The minimum Gasteiger partial charge on any atom is -0.369 e. The van der Waals surface area contributed by atoms with Gasteiger partial charge in [-0.25, -0.2) is 4.98 Å². The standard InChI is InChI=1S/C14H17N5/c1-10-5-3-6-12-13(10)19(14(15)17-12)11(2)9-18-8-4-7-16-18/h3-8,11H,9H2,1-2H3,(H2,15,17). The zero-order valence-electron chi connectivity index (χ0n) is 11.1. The second-order valence-corrected chi connectivity index (χ2v) is 4.86. The normalized spacial score (nSPS) is 12.9. The fraction of sp³-hybridized carbons (Fsp3) is 0.286. The van der Waals surface area contributed by atoms with Gasteiger partial charge in [0.2, 0.25) is 5.95 Å². The fourth-order valence-corrected chi connectivity index (χ4v) is 2.55. The van der Waals surface area contributed by atoms with Gasteiger partial charge >= 0.3 is 0 Å². The predicted octanol–water partition coefficient (Wildman–Crippen LogP) is 2.38. The van der Waals surface area contributed by atoms with Crippen LogP contribution in [0.4, 0.5) is 5.95 Å². The summed E-state index contributed by atoms with van der Waals surface area (Å²) in [4.78, 5) is 4.44. The lowest BCUT2D eigenvalue weighted by atomic mass is 10.2. The number of imidazole rings is 1. The highest BCUT2D eigenvalue weighted by molar-refractivity contribution is 5.81. The number of hydrogen-bond acceptors (Lipinski definition) is 3. The summed E-state index contributed by atoms with van der Waals surface area (Å²) in [5.74, 6) is 0.559. The molecule has 0 spiro atoms. The van der Waals surface area contributed by atoms with E-state index < -0.39 is 0 Å². The number of aromatic nitrogens is 4. The van der Waals surface area contributed by atoms with E-state index in [4.69, 9.17) is 5.73 Å². The number of benzene rings is 1. The molecule has 0 saturated heterocycles. The number of aryl methyl sites for hydroxylation is 1. The maximum Gasteiger partial charge on any atom is 0.201 e. The van der Waals surface area contributed by atoms with E-state index in [1.165, 1.54) is 5.56 Å². The molecule has 0 aliphatic rings. The van der Waals surface area contributed by atoms with Crippen molar-refractivity contribution in [1.82, 2.24) is 19.3 Å². The second-order valence-electron chi connectivity index (χ2n) is 4.86. The molecule has 0 bridgehead atoms. The molecule has 0 saturated carbocycles. The molecule has 19 heavy (non-hydrogen) atoms. The molecule has 2 N–H and O–H groups in total. The van der Waals surface area contributed by atoms with Crippen LogP contribution in [0.25, 0.3) is 11.0 Å². The summed E-state index contributed by atoms with van der Waals surface area (Å²) in [6, 6.07) is 8.21.